The summed E-state index contributed by atoms with van der Waals surface area (Å²) >= 11 is 0. The molecule has 1 aliphatic carbocycles. The Kier molecular flexibility index (Phi) is 1.17. The Morgan fingerprint density at radius 1 is 1.75 bits per heavy atom. The second-order valence-corrected chi connectivity index (χ2v) is 1.92. The van der Waals surface area contributed by atoms with E-state index in [0.29, 0.717) is 0 Å². The zero-order valence-electron chi connectivity index (χ0n) is 4.76. The summed E-state index contributed by atoms with van der Waals surface area (Å²) in [5.74, 6) is 0.0370. The first-order chi connectivity index (χ1) is 3.83. The van der Waals surface area contributed by atoms with Crippen molar-refractivity contribution in [3.8, 4) is 6.07 Å². The monoisotopic (exact) mass is 105 g/mol. The van der Waals surface area contributed by atoms with Crippen LogP contribution >= 0.6 is 0 Å². The molecule has 0 N–H and O–H groups in total. The van der Waals surface area contributed by atoms with Gasteiger partial charge in [0.25, 0.3) is 0 Å². The smallest absolute Gasteiger partial charge is 0.0833 e. The van der Waals surface area contributed by atoms with Crippen molar-refractivity contribution in [1.29, 1.82) is 5.26 Å². The third kappa shape index (κ3) is 0.788. The average molecular weight is 105 g/mol. The highest BCUT2D eigenvalue weighted by atomic mass is 14.3. The molecule has 0 spiro atoms. The molecule has 1 aliphatic rings. The summed E-state index contributed by atoms with van der Waals surface area (Å²) < 4.78 is 0. The van der Waals surface area contributed by atoms with Crippen molar-refractivity contribution in [2.24, 2.45) is 5.92 Å². The number of hydrogen-bond acceptors (Lipinski definition) is 1. The van der Waals surface area contributed by atoms with Crippen LogP contribution in [0.4, 0.5) is 0 Å². The van der Waals surface area contributed by atoms with Crippen LogP contribution in [0.2, 0.25) is 0 Å². The molecular weight excluding hydrogens is 98.1 g/mol. The lowest BCUT2D eigenvalue weighted by Crippen LogP contribution is -1.78. The largest absolute Gasteiger partial charge is 0.197 e. The van der Waals surface area contributed by atoms with Crippen LogP contribution in [0.1, 0.15) is 6.92 Å². The second-order valence-electron chi connectivity index (χ2n) is 1.92. The molecule has 40 valence electrons. The van der Waals surface area contributed by atoms with Crippen molar-refractivity contribution in [3.05, 3.63) is 23.8 Å². The summed E-state index contributed by atoms with van der Waals surface area (Å²) in [4.78, 5) is 0. The first kappa shape index (κ1) is 5.11. The van der Waals surface area contributed by atoms with Crippen molar-refractivity contribution < 1.29 is 0 Å². The van der Waals surface area contributed by atoms with Gasteiger partial charge >= 0.3 is 0 Å². The van der Waals surface area contributed by atoms with Gasteiger partial charge in [0.1, 0.15) is 0 Å². The molecule has 1 rings (SSSR count). The molecular formula is C7H7N. The highest BCUT2D eigenvalue weighted by Crippen LogP contribution is 2.13. The molecule has 0 aromatic rings. The molecule has 8 heavy (non-hydrogen) atoms. The minimum Gasteiger partial charge on any atom is -0.197 e. The fraction of sp³-hybridized carbons (Fsp3) is 0.286. The first-order valence-corrected chi connectivity index (χ1v) is 2.59. The molecule has 1 unspecified atom stereocenters. The summed E-state index contributed by atoms with van der Waals surface area (Å²) in [6, 6.07) is 2.13. The molecule has 1 nitrogen and oxygen atoms in total. The molecule has 0 aliphatic heterocycles. The van der Waals surface area contributed by atoms with E-state index in [0.717, 1.165) is 0 Å². The van der Waals surface area contributed by atoms with E-state index in [1.807, 2.05) is 25.2 Å². The normalized spacial score (nSPS) is 25.0. The number of allylic oxidation sites excluding steroid dienone is 4. The van der Waals surface area contributed by atoms with Gasteiger partial charge in [-0.2, -0.15) is 5.26 Å². The lowest BCUT2D eigenvalue weighted by molar-refractivity contribution is 1.10. The number of nitrogens with zero attached hydrogens (tertiary/aromatic N) is 1. The second kappa shape index (κ2) is 1.83. The SMILES string of the molecule is CC1=CC(C#N)C=C1. The van der Waals surface area contributed by atoms with Gasteiger partial charge in [0.15, 0.2) is 0 Å². The van der Waals surface area contributed by atoms with E-state index in [9.17, 15) is 0 Å². The van der Waals surface area contributed by atoms with E-state index in [-0.39, 0.29) is 5.92 Å². The lowest BCUT2D eigenvalue weighted by atomic mass is 10.2. The molecule has 0 bridgehead atoms. The molecule has 1 heteroatoms. The standard InChI is InChI=1S/C7H7N/c1-6-2-3-7(4-6)5-8/h2-4,7H,1H3. The van der Waals surface area contributed by atoms with Crippen LogP contribution in [-0.4, -0.2) is 0 Å². The van der Waals surface area contributed by atoms with E-state index in [4.69, 9.17) is 5.26 Å². The third-order valence-electron chi connectivity index (χ3n) is 1.16. The van der Waals surface area contributed by atoms with Gasteiger partial charge in [-0.3, -0.25) is 0 Å². The van der Waals surface area contributed by atoms with E-state index in [1.54, 1.807) is 0 Å². The van der Waals surface area contributed by atoms with Gasteiger partial charge in [-0.1, -0.05) is 23.8 Å². The van der Waals surface area contributed by atoms with E-state index in [2.05, 4.69) is 6.07 Å². The minimum atomic E-state index is 0.0370. The van der Waals surface area contributed by atoms with Crippen molar-refractivity contribution in [2.45, 2.75) is 6.92 Å². The maximum absolute atomic E-state index is 8.34. The van der Waals surface area contributed by atoms with E-state index < -0.39 is 0 Å². The Bertz CT molecular complexity index is 181. The van der Waals surface area contributed by atoms with Gasteiger partial charge in [0.2, 0.25) is 0 Å². The minimum absolute atomic E-state index is 0.0370. The Labute approximate surface area is 48.9 Å². The van der Waals surface area contributed by atoms with Crippen LogP contribution < -0.4 is 0 Å². The van der Waals surface area contributed by atoms with Gasteiger partial charge < -0.3 is 0 Å². The molecule has 0 heterocycles. The Balaban J connectivity index is 2.73. The van der Waals surface area contributed by atoms with E-state index in [1.165, 1.54) is 5.57 Å². The fourth-order valence-corrected chi connectivity index (χ4v) is 0.730. The highest BCUT2D eigenvalue weighted by molar-refractivity contribution is 5.30. The summed E-state index contributed by atoms with van der Waals surface area (Å²) in [5, 5.41) is 8.34. The van der Waals surface area contributed by atoms with Gasteiger partial charge in [-0.05, 0) is 6.92 Å². The van der Waals surface area contributed by atoms with Gasteiger partial charge in [0.05, 0.1) is 12.0 Å². The maximum Gasteiger partial charge on any atom is 0.0833 e. The third-order valence-corrected chi connectivity index (χ3v) is 1.16. The van der Waals surface area contributed by atoms with Crippen molar-refractivity contribution in [3.63, 3.8) is 0 Å². The fourth-order valence-electron chi connectivity index (χ4n) is 0.730. The molecule has 0 fully saturated rings. The summed E-state index contributed by atoms with van der Waals surface area (Å²) in [6.45, 7) is 1.99. The number of nitriles is 1. The van der Waals surface area contributed by atoms with Crippen LogP contribution in [-0.2, 0) is 0 Å². The number of rotatable bonds is 0. The first-order valence-electron chi connectivity index (χ1n) is 2.59. The van der Waals surface area contributed by atoms with Crippen molar-refractivity contribution in [1.82, 2.24) is 0 Å². The number of hydrogen-bond donors (Lipinski definition) is 0. The molecule has 1 atom stereocenters. The molecule has 0 aromatic heterocycles. The van der Waals surface area contributed by atoms with E-state index >= 15 is 0 Å². The predicted octanol–water partition coefficient (Wildman–Crippen LogP) is 1.64. The Hall–Kier alpha value is -1.03. The topological polar surface area (TPSA) is 23.8 Å². The Morgan fingerprint density at radius 2 is 2.50 bits per heavy atom. The zero-order valence-corrected chi connectivity index (χ0v) is 4.76. The van der Waals surface area contributed by atoms with Crippen LogP contribution in [0.15, 0.2) is 23.8 Å². The highest BCUT2D eigenvalue weighted by Gasteiger charge is 2.02. The summed E-state index contributed by atoms with van der Waals surface area (Å²) in [5.41, 5.74) is 1.19. The Morgan fingerprint density at radius 3 is 2.75 bits per heavy atom. The molecule has 0 amide bonds. The quantitative estimate of drug-likeness (QED) is 0.459. The lowest BCUT2D eigenvalue weighted by Gasteiger charge is -1.82. The molecule has 0 radical (unpaired) electrons. The van der Waals surface area contributed by atoms with Crippen molar-refractivity contribution >= 4 is 0 Å². The van der Waals surface area contributed by atoms with Crippen molar-refractivity contribution in [2.75, 3.05) is 0 Å². The average Bonchev–Trinajstić information content (AvgIpc) is 2.14. The molecule has 0 saturated heterocycles. The van der Waals surface area contributed by atoms with Crippen LogP contribution in [0.5, 0.6) is 0 Å². The summed E-state index contributed by atoms with van der Waals surface area (Å²) in [6.07, 6.45) is 5.81. The maximum atomic E-state index is 8.34. The van der Waals surface area contributed by atoms with Gasteiger partial charge in [-0.25, -0.2) is 0 Å². The molecule has 0 saturated carbocycles. The predicted molar refractivity (Wildman–Crippen MR) is 32.0 cm³/mol. The zero-order chi connectivity index (χ0) is 5.98. The summed E-state index contributed by atoms with van der Waals surface area (Å²) in [7, 11) is 0. The van der Waals surface area contributed by atoms with Crippen LogP contribution in [0.3, 0.4) is 0 Å². The van der Waals surface area contributed by atoms with Crippen LogP contribution in [0, 0.1) is 17.2 Å². The van der Waals surface area contributed by atoms with Gasteiger partial charge in [0, 0.05) is 0 Å². The van der Waals surface area contributed by atoms with Gasteiger partial charge in [-0.15, -0.1) is 0 Å². The van der Waals surface area contributed by atoms with Crippen LogP contribution in [0.25, 0.3) is 0 Å². The molecule has 0 aromatic carbocycles.